The van der Waals surface area contributed by atoms with Gasteiger partial charge in [-0.25, -0.2) is 9.78 Å². The van der Waals surface area contributed by atoms with Gasteiger partial charge in [-0.3, -0.25) is 0 Å². The molecule has 0 amide bonds. The Morgan fingerprint density at radius 2 is 0.615 bits per heavy atom. The number of hydrogen-bond donors (Lipinski definition) is 0. The Labute approximate surface area is 165 Å². The molecule has 0 saturated heterocycles. The zero-order valence-corrected chi connectivity index (χ0v) is 20.6. The maximum atomic E-state index is 5.99. The lowest BCUT2D eigenvalue weighted by Crippen LogP contribution is -2.51. The van der Waals surface area contributed by atoms with Crippen molar-refractivity contribution in [3.8, 4) is 0 Å². The van der Waals surface area contributed by atoms with E-state index < -0.39 is 0 Å². The standard InChI is InChI=1S/C24H50O2/c1-15-23(19(3,4)5,20(6,7)8)17-25-26-18-24(16-2,21(9,10)11)22(12,13)14/h15-18H2,1-14H3. The third-order valence-electron chi connectivity index (χ3n) is 7.64. The van der Waals surface area contributed by atoms with Crippen LogP contribution in [0.3, 0.4) is 0 Å². The van der Waals surface area contributed by atoms with Crippen molar-refractivity contribution in [3.05, 3.63) is 0 Å². The van der Waals surface area contributed by atoms with Crippen LogP contribution >= 0.6 is 0 Å². The van der Waals surface area contributed by atoms with Gasteiger partial charge in [0.2, 0.25) is 0 Å². The smallest absolute Gasteiger partial charge is 0.0888 e. The van der Waals surface area contributed by atoms with Crippen LogP contribution < -0.4 is 0 Å². The molecule has 0 unspecified atom stereocenters. The maximum absolute atomic E-state index is 5.99. The molecule has 0 atom stereocenters. The van der Waals surface area contributed by atoms with Crippen molar-refractivity contribution in [1.82, 2.24) is 0 Å². The first kappa shape index (κ1) is 25.9. The lowest BCUT2D eigenvalue weighted by molar-refractivity contribution is -0.350. The summed E-state index contributed by atoms with van der Waals surface area (Å²) >= 11 is 0. The third-order valence-corrected chi connectivity index (χ3v) is 7.64. The Balaban J connectivity index is 5.42. The van der Waals surface area contributed by atoms with Crippen LogP contribution in [0.4, 0.5) is 0 Å². The SMILES string of the molecule is CCC(COOCC(CC)(C(C)(C)C)C(C)(C)C)(C(C)(C)C)C(C)(C)C. The maximum Gasteiger partial charge on any atom is 0.0888 e. The summed E-state index contributed by atoms with van der Waals surface area (Å²) in [5.74, 6) is 0. The van der Waals surface area contributed by atoms with Gasteiger partial charge in [0, 0.05) is 10.8 Å². The zero-order valence-electron chi connectivity index (χ0n) is 20.6. The normalized spacial score (nSPS) is 15.5. The number of rotatable bonds is 7. The molecule has 0 aliphatic heterocycles. The van der Waals surface area contributed by atoms with Crippen LogP contribution in [0.25, 0.3) is 0 Å². The highest BCUT2D eigenvalue weighted by molar-refractivity contribution is 4.99. The van der Waals surface area contributed by atoms with E-state index in [1.165, 1.54) is 0 Å². The van der Waals surface area contributed by atoms with Crippen molar-refractivity contribution in [1.29, 1.82) is 0 Å². The van der Waals surface area contributed by atoms with E-state index >= 15 is 0 Å². The molecular formula is C24H50O2. The Morgan fingerprint density at radius 1 is 0.423 bits per heavy atom. The fourth-order valence-electron chi connectivity index (χ4n) is 5.73. The monoisotopic (exact) mass is 370 g/mol. The van der Waals surface area contributed by atoms with E-state index in [-0.39, 0.29) is 32.5 Å². The predicted molar refractivity (Wildman–Crippen MR) is 115 cm³/mol. The van der Waals surface area contributed by atoms with Crippen LogP contribution in [-0.2, 0) is 9.78 Å². The van der Waals surface area contributed by atoms with Gasteiger partial charge >= 0.3 is 0 Å². The summed E-state index contributed by atoms with van der Waals surface area (Å²) in [6.07, 6.45) is 2.14. The molecule has 0 fully saturated rings. The van der Waals surface area contributed by atoms with E-state index in [1.54, 1.807) is 0 Å². The molecule has 2 heteroatoms. The minimum atomic E-state index is 0.0539. The van der Waals surface area contributed by atoms with Gasteiger partial charge < -0.3 is 0 Å². The fourth-order valence-corrected chi connectivity index (χ4v) is 5.73. The van der Waals surface area contributed by atoms with E-state index in [2.05, 4.69) is 96.9 Å². The molecule has 0 aromatic carbocycles. The minimum Gasteiger partial charge on any atom is -0.236 e. The van der Waals surface area contributed by atoms with Crippen molar-refractivity contribution in [3.63, 3.8) is 0 Å². The molecule has 0 spiro atoms. The summed E-state index contributed by atoms with van der Waals surface area (Å²) in [7, 11) is 0. The summed E-state index contributed by atoms with van der Waals surface area (Å²) in [5.41, 5.74) is 0.660. The van der Waals surface area contributed by atoms with Crippen molar-refractivity contribution >= 4 is 0 Å². The van der Waals surface area contributed by atoms with E-state index in [4.69, 9.17) is 9.78 Å². The molecule has 0 aromatic heterocycles. The fraction of sp³-hybridized carbons (Fsp3) is 1.00. The molecule has 2 nitrogen and oxygen atoms in total. The van der Waals surface area contributed by atoms with Gasteiger partial charge in [0.25, 0.3) is 0 Å². The number of hydrogen-bond acceptors (Lipinski definition) is 2. The lowest BCUT2D eigenvalue weighted by Gasteiger charge is -2.54. The highest BCUT2D eigenvalue weighted by Gasteiger charge is 2.51. The highest BCUT2D eigenvalue weighted by atomic mass is 17.2. The first-order valence-electron chi connectivity index (χ1n) is 10.6. The highest BCUT2D eigenvalue weighted by Crippen LogP contribution is 2.55. The second-order valence-electron chi connectivity index (χ2n) is 12.4. The minimum absolute atomic E-state index is 0.0539. The first-order chi connectivity index (χ1) is 11.3. The summed E-state index contributed by atoms with van der Waals surface area (Å²) in [4.78, 5) is 12.0. The molecule has 0 aromatic rings. The first-order valence-corrected chi connectivity index (χ1v) is 10.6. The van der Waals surface area contributed by atoms with Crippen molar-refractivity contribution in [2.45, 2.75) is 110 Å². The molecule has 0 saturated carbocycles. The van der Waals surface area contributed by atoms with Crippen molar-refractivity contribution in [2.24, 2.45) is 32.5 Å². The van der Waals surface area contributed by atoms with Gasteiger partial charge in [0.1, 0.15) is 0 Å². The second-order valence-corrected chi connectivity index (χ2v) is 12.4. The van der Waals surface area contributed by atoms with Gasteiger partial charge in [0.15, 0.2) is 0 Å². The molecule has 0 N–H and O–H groups in total. The molecule has 0 heterocycles. The molecule has 0 aliphatic carbocycles. The topological polar surface area (TPSA) is 18.5 Å². The average molecular weight is 371 g/mol. The van der Waals surface area contributed by atoms with E-state index in [1.807, 2.05) is 0 Å². The average Bonchev–Trinajstić information content (AvgIpc) is 2.37. The lowest BCUT2D eigenvalue weighted by atomic mass is 9.53. The summed E-state index contributed by atoms with van der Waals surface area (Å²) in [5, 5.41) is 0. The quantitative estimate of drug-likeness (QED) is 0.257. The van der Waals surface area contributed by atoms with Crippen LogP contribution in [0.1, 0.15) is 110 Å². The molecule has 0 bridgehead atoms. The zero-order chi connectivity index (χ0) is 21.2. The predicted octanol–water partition coefficient (Wildman–Crippen LogP) is 7.91. The van der Waals surface area contributed by atoms with Gasteiger partial charge in [-0.15, -0.1) is 0 Å². The van der Waals surface area contributed by atoms with Crippen LogP contribution in [0.2, 0.25) is 0 Å². The van der Waals surface area contributed by atoms with Crippen LogP contribution in [0.5, 0.6) is 0 Å². The summed E-state index contributed by atoms with van der Waals surface area (Å²) < 4.78 is 0. The van der Waals surface area contributed by atoms with Gasteiger partial charge in [-0.1, -0.05) is 96.9 Å². The van der Waals surface area contributed by atoms with E-state index in [0.29, 0.717) is 13.2 Å². The van der Waals surface area contributed by atoms with Crippen LogP contribution in [-0.4, -0.2) is 13.2 Å². The van der Waals surface area contributed by atoms with Crippen molar-refractivity contribution in [2.75, 3.05) is 13.2 Å². The van der Waals surface area contributed by atoms with Gasteiger partial charge in [-0.05, 0) is 34.5 Å². The third kappa shape index (κ3) is 4.85. The molecule has 0 rings (SSSR count). The second kappa shape index (κ2) is 8.11. The Bertz CT molecular complexity index is 351. The Morgan fingerprint density at radius 3 is 0.731 bits per heavy atom. The van der Waals surface area contributed by atoms with Crippen molar-refractivity contribution < 1.29 is 9.78 Å². The van der Waals surface area contributed by atoms with E-state index in [0.717, 1.165) is 12.8 Å². The molecule has 0 radical (unpaired) electrons. The summed E-state index contributed by atoms with van der Waals surface area (Å²) in [6.45, 7) is 33.7. The van der Waals surface area contributed by atoms with Gasteiger partial charge in [-0.2, -0.15) is 0 Å². The molecule has 26 heavy (non-hydrogen) atoms. The molecular weight excluding hydrogens is 320 g/mol. The van der Waals surface area contributed by atoms with Gasteiger partial charge in [0.05, 0.1) is 13.2 Å². The van der Waals surface area contributed by atoms with E-state index in [9.17, 15) is 0 Å². The summed E-state index contributed by atoms with van der Waals surface area (Å²) in [6, 6.07) is 0. The molecule has 158 valence electrons. The van der Waals surface area contributed by atoms with Crippen LogP contribution in [0, 0.1) is 32.5 Å². The Kier molecular flexibility index (Phi) is 8.09. The van der Waals surface area contributed by atoms with Crippen LogP contribution in [0.15, 0.2) is 0 Å². The largest absolute Gasteiger partial charge is 0.236 e. The molecule has 0 aliphatic rings. The Hall–Kier alpha value is -0.0800.